The van der Waals surface area contributed by atoms with E-state index >= 15 is 0 Å². The molecule has 2 amide bonds. The van der Waals surface area contributed by atoms with Gasteiger partial charge in [0, 0.05) is 13.0 Å². The topological polar surface area (TPSA) is 84.5 Å². The Morgan fingerprint density at radius 1 is 1.28 bits per heavy atom. The molecule has 0 spiro atoms. The number of esters is 1. The molecular weight excluding hydrogens is 364 g/mol. The van der Waals surface area contributed by atoms with Gasteiger partial charge >= 0.3 is 5.97 Å². The van der Waals surface area contributed by atoms with Crippen molar-refractivity contribution in [1.82, 2.24) is 10.6 Å². The highest BCUT2D eigenvalue weighted by Gasteiger charge is 2.21. The standard InChI is InChI=1S/C17H23ClN2O4S/c1-24-15(21)8-5-10-19-17(23)14(9-11-25-2)20-16(22)12-6-3-4-7-13(12)18/h3-4,6-7,14H,5,8-11H2,1-2H3,(H,19,23)(H,20,22)/t14-/m1/s1. The molecule has 0 fully saturated rings. The second-order valence-corrected chi connectivity index (χ2v) is 6.65. The quantitative estimate of drug-likeness (QED) is 0.476. The van der Waals surface area contributed by atoms with Crippen LogP contribution in [-0.2, 0) is 14.3 Å². The van der Waals surface area contributed by atoms with Crippen molar-refractivity contribution in [3.63, 3.8) is 0 Å². The molecule has 1 aromatic carbocycles. The number of amides is 2. The van der Waals surface area contributed by atoms with Crippen LogP contribution in [0, 0.1) is 0 Å². The van der Waals surface area contributed by atoms with Crippen LogP contribution < -0.4 is 10.6 Å². The second kappa shape index (κ2) is 11.8. The summed E-state index contributed by atoms with van der Waals surface area (Å²) < 4.78 is 4.55. The Bertz CT molecular complexity index is 598. The van der Waals surface area contributed by atoms with E-state index in [0.29, 0.717) is 30.0 Å². The lowest BCUT2D eigenvalue weighted by molar-refractivity contribution is -0.140. The smallest absolute Gasteiger partial charge is 0.305 e. The molecule has 0 aliphatic rings. The van der Waals surface area contributed by atoms with Gasteiger partial charge in [0.15, 0.2) is 0 Å². The van der Waals surface area contributed by atoms with Crippen LogP contribution in [-0.4, -0.2) is 49.5 Å². The Morgan fingerprint density at radius 3 is 2.64 bits per heavy atom. The largest absolute Gasteiger partial charge is 0.469 e. The van der Waals surface area contributed by atoms with E-state index in [0.717, 1.165) is 5.75 Å². The minimum Gasteiger partial charge on any atom is -0.469 e. The van der Waals surface area contributed by atoms with Crippen LogP contribution in [0.25, 0.3) is 0 Å². The number of halogens is 1. The second-order valence-electron chi connectivity index (χ2n) is 5.26. The van der Waals surface area contributed by atoms with Crippen LogP contribution in [0.3, 0.4) is 0 Å². The summed E-state index contributed by atoms with van der Waals surface area (Å²) in [6, 6.07) is 6.02. The van der Waals surface area contributed by atoms with Crippen molar-refractivity contribution in [1.29, 1.82) is 0 Å². The van der Waals surface area contributed by atoms with Crippen LogP contribution >= 0.6 is 23.4 Å². The van der Waals surface area contributed by atoms with Crippen molar-refractivity contribution < 1.29 is 19.1 Å². The van der Waals surface area contributed by atoms with Crippen molar-refractivity contribution >= 4 is 41.1 Å². The van der Waals surface area contributed by atoms with Gasteiger partial charge in [0.25, 0.3) is 5.91 Å². The highest BCUT2D eigenvalue weighted by Crippen LogP contribution is 2.15. The molecule has 0 saturated carbocycles. The van der Waals surface area contributed by atoms with Crippen molar-refractivity contribution in [3.05, 3.63) is 34.9 Å². The van der Waals surface area contributed by atoms with Gasteiger partial charge in [-0.2, -0.15) is 11.8 Å². The number of methoxy groups -OCH3 is 1. The Labute approximate surface area is 157 Å². The predicted octanol–water partition coefficient (Wildman–Crippen LogP) is 2.26. The summed E-state index contributed by atoms with van der Waals surface area (Å²) in [4.78, 5) is 35.7. The first kappa shape index (κ1) is 21.3. The molecule has 0 heterocycles. The van der Waals surface area contributed by atoms with E-state index in [1.165, 1.54) is 7.11 Å². The predicted molar refractivity (Wildman–Crippen MR) is 100.0 cm³/mol. The number of ether oxygens (including phenoxy) is 1. The fourth-order valence-electron chi connectivity index (χ4n) is 2.06. The molecule has 25 heavy (non-hydrogen) atoms. The maximum Gasteiger partial charge on any atom is 0.305 e. The van der Waals surface area contributed by atoms with Gasteiger partial charge in [-0.25, -0.2) is 0 Å². The van der Waals surface area contributed by atoms with E-state index in [4.69, 9.17) is 11.6 Å². The van der Waals surface area contributed by atoms with Gasteiger partial charge in [0.1, 0.15) is 6.04 Å². The van der Waals surface area contributed by atoms with Gasteiger partial charge < -0.3 is 15.4 Å². The zero-order valence-corrected chi connectivity index (χ0v) is 15.9. The third-order valence-corrected chi connectivity index (χ3v) is 4.41. The van der Waals surface area contributed by atoms with Gasteiger partial charge in [0.2, 0.25) is 5.91 Å². The first-order valence-corrected chi connectivity index (χ1v) is 9.65. The number of carbonyl (C=O) groups excluding carboxylic acids is 3. The summed E-state index contributed by atoms with van der Waals surface area (Å²) in [6.07, 6.45) is 3.14. The lowest BCUT2D eigenvalue weighted by Crippen LogP contribution is -2.47. The molecule has 0 radical (unpaired) electrons. The van der Waals surface area contributed by atoms with E-state index in [-0.39, 0.29) is 24.2 Å². The summed E-state index contributed by atoms with van der Waals surface area (Å²) in [5, 5.41) is 5.80. The molecule has 1 rings (SSSR count). The fourth-order valence-corrected chi connectivity index (χ4v) is 2.75. The summed E-state index contributed by atoms with van der Waals surface area (Å²) in [6.45, 7) is 0.339. The number of carbonyl (C=O) groups is 3. The first-order valence-electron chi connectivity index (χ1n) is 7.88. The minimum atomic E-state index is -0.658. The molecule has 0 bridgehead atoms. The average Bonchev–Trinajstić information content (AvgIpc) is 2.61. The molecule has 1 aromatic rings. The van der Waals surface area contributed by atoms with Gasteiger partial charge in [-0.1, -0.05) is 23.7 Å². The Hall–Kier alpha value is -1.73. The lowest BCUT2D eigenvalue weighted by Gasteiger charge is -2.18. The molecular formula is C17H23ClN2O4S. The number of benzene rings is 1. The van der Waals surface area contributed by atoms with E-state index in [1.807, 2.05) is 6.26 Å². The summed E-state index contributed by atoms with van der Waals surface area (Å²) in [5.41, 5.74) is 0.330. The van der Waals surface area contributed by atoms with Gasteiger partial charge in [0.05, 0.1) is 17.7 Å². The number of hydrogen-bond donors (Lipinski definition) is 2. The number of thioether (sulfide) groups is 1. The van der Waals surface area contributed by atoms with Crippen LogP contribution in [0.1, 0.15) is 29.6 Å². The van der Waals surface area contributed by atoms with Crippen molar-refractivity contribution in [2.75, 3.05) is 25.7 Å². The molecule has 1 atom stereocenters. The number of hydrogen-bond acceptors (Lipinski definition) is 5. The molecule has 0 saturated heterocycles. The summed E-state index contributed by atoms with van der Waals surface area (Å²) in [7, 11) is 1.32. The molecule has 0 aliphatic carbocycles. The van der Waals surface area contributed by atoms with Crippen LogP contribution in [0.5, 0.6) is 0 Å². The van der Waals surface area contributed by atoms with Gasteiger partial charge in [-0.05, 0) is 37.0 Å². The average molecular weight is 387 g/mol. The molecule has 6 nitrogen and oxygen atoms in total. The Kier molecular flexibility index (Phi) is 10.0. The molecule has 0 aliphatic heterocycles. The zero-order valence-electron chi connectivity index (χ0n) is 14.3. The molecule has 0 unspecified atom stereocenters. The molecule has 2 N–H and O–H groups in total. The molecule has 138 valence electrons. The monoisotopic (exact) mass is 386 g/mol. The van der Waals surface area contributed by atoms with Crippen LogP contribution in [0.2, 0.25) is 5.02 Å². The SMILES string of the molecule is COC(=O)CCCNC(=O)[C@@H](CCSC)NC(=O)c1ccccc1Cl. The van der Waals surface area contributed by atoms with E-state index in [9.17, 15) is 14.4 Å². The van der Waals surface area contributed by atoms with Crippen LogP contribution in [0.4, 0.5) is 0 Å². The summed E-state index contributed by atoms with van der Waals surface area (Å²) >= 11 is 7.61. The molecule has 0 aromatic heterocycles. The van der Waals surface area contributed by atoms with E-state index in [1.54, 1.807) is 36.0 Å². The van der Waals surface area contributed by atoms with Crippen molar-refractivity contribution in [2.24, 2.45) is 0 Å². The van der Waals surface area contributed by atoms with Crippen molar-refractivity contribution in [3.8, 4) is 0 Å². The van der Waals surface area contributed by atoms with Gasteiger partial charge in [-0.15, -0.1) is 0 Å². The van der Waals surface area contributed by atoms with E-state index < -0.39 is 6.04 Å². The Morgan fingerprint density at radius 2 is 2.00 bits per heavy atom. The fraction of sp³-hybridized carbons (Fsp3) is 0.471. The van der Waals surface area contributed by atoms with E-state index in [2.05, 4.69) is 15.4 Å². The Balaban J connectivity index is 2.60. The number of rotatable bonds is 10. The highest BCUT2D eigenvalue weighted by molar-refractivity contribution is 7.98. The zero-order chi connectivity index (χ0) is 18.7. The third-order valence-electron chi connectivity index (χ3n) is 3.44. The summed E-state index contributed by atoms with van der Waals surface area (Å²) in [5.74, 6) is -0.260. The van der Waals surface area contributed by atoms with Gasteiger partial charge in [-0.3, -0.25) is 14.4 Å². The van der Waals surface area contributed by atoms with Crippen molar-refractivity contribution in [2.45, 2.75) is 25.3 Å². The number of nitrogens with one attached hydrogen (secondary N) is 2. The normalized spacial score (nSPS) is 11.5. The van der Waals surface area contributed by atoms with Crippen LogP contribution in [0.15, 0.2) is 24.3 Å². The maximum absolute atomic E-state index is 12.4. The third kappa shape index (κ3) is 7.79. The highest BCUT2D eigenvalue weighted by atomic mass is 35.5. The maximum atomic E-state index is 12.4. The molecule has 8 heteroatoms. The lowest BCUT2D eigenvalue weighted by atomic mass is 10.1. The minimum absolute atomic E-state index is 0.234. The first-order chi connectivity index (χ1) is 12.0.